The van der Waals surface area contributed by atoms with Crippen LogP contribution in [0.1, 0.15) is 25.6 Å². The Morgan fingerprint density at radius 1 is 1.33 bits per heavy atom. The Labute approximate surface area is 171 Å². The van der Waals surface area contributed by atoms with E-state index in [0.29, 0.717) is 41.3 Å². The van der Waals surface area contributed by atoms with E-state index in [-0.39, 0.29) is 12.6 Å². The molecule has 0 aliphatic heterocycles. The van der Waals surface area contributed by atoms with Crippen molar-refractivity contribution >= 4 is 28.0 Å². The Morgan fingerprint density at radius 3 is 2.87 bits per heavy atom. The summed E-state index contributed by atoms with van der Waals surface area (Å²) in [5.41, 5.74) is 3.21. The highest BCUT2D eigenvalue weighted by Gasteiger charge is 2.38. The third-order valence-corrected chi connectivity index (χ3v) is 5.71. The smallest absolute Gasteiger partial charge is 0.256 e. The lowest BCUT2D eigenvalue weighted by atomic mass is 9.77. The molecule has 7 nitrogen and oxygen atoms in total. The summed E-state index contributed by atoms with van der Waals surface area (Å²) in [6.07, 6.45) is 2.47. The van der Waals surface area contributed by atoms with Gasteiger partial charge in [-0.05, 0) is 44.4 Å². The lowest BCUT2D eigenvalue weighted by molar-refractivity contribution is -0.0235. The van der Waals surface area contributed by atoms with Gasteiger partial charge in [-0.3, -0.25) is 0 Å². The van der Waals surface area contributed by atoms with Crippen molar-refractivity contribution in [2.75, 3.05) is 5.32 Å². The second-order valence-electron chi connectivity index (χ2n) is 8.27. The van der Waals surface area contributed by atoms with Crippen LogP contribution in [0.15, 0.2) is 30.6 Å². The summed E-state index contributed by atoms with van der Waals surface area (Å²) in [4.78, 5) is 16.5. The SMILES string of the molecule is Cc1nc2ccc(-c3c[nH]c4nc(N[C@H]5C[C@](C)(O)C5)ncc34)cc2n1CC(F)F. The van der Waals surface area contributed by atoms with Crippen LogP contribution in [-0.2, 0) is 6.54 Å². The average Bonchev–Trinajstić information content (AvgIpc) is 3.20. The van der Waals surface area contributed by atoms with Crippen LogP contribution in [0.3, 0.4) is 0 Å². The molecule has 1 aliphatic carbocycles. The molecule has 30 heavy (non-hydrogen) atoms. The van der Waals surface area contributed by atoms with Crippen molar-refractivity contribution < 1.29 is 13.9 Å². The Hall–Kier alpha value is -3.07. The van der Waals surface area contributed by atoms with Gasteiger partial charge < -0.3 is 20.0 Å². The lowest BCUT2D eigenvalue weighted by Gasteiger charge is -2.41. The number of anilines is 1. The minimum absolute atomic E-state index is 0.160. The van der Waals surface area contributed by atoms with Crippen molar-refractivity contribution in [3.05, 3.63) is 36.4 Å². The number of nitrogens with one attached hydrogen (secondary N) is 2. The number of hydrogen-bond acceptors (Lipinski definition) is 5. The number of fused-ring (bicyclic) bond motifs is 2. The molecule has 0 atom stereocenters. The van der Waals surface area contributed by atoms with E-state index in [1.54, 1.807) is 17.7 Å². The molecule has 0 amide bonds. The topological polar surface area (TPSA) is 91.7 Å². The molecule has 1 saturated carbocycles. The first-order valence-corrected chi connectivity index (χ1v) is 9.87. The van der Waals surface area contributed by atoms with E-state index in [9.17, 15) is 13.9 Å². The first kappa shape index (κ1) is 18.9. The molecule has 0 radical (unpaired) electrons. The highest BCUT2D eigenvalue weighted by molar-refractivity contribution is 5.95. The zero-order valence-corrected chi connectivity index (χ0v) is 16.7. The molecule has 4 aromatic rings. The van der Waals surface area contributed by atoms with E-state index >= 15 is 0 Å². The first-order valence-electron chi connectivity index (χ1n) is 9.87. The molecule has 0 unspecified atom stereocenters. The van der Waals surface area contributed by atoms with Crippen LogP contribution >= 0.6 is 0 Å². The second-order valence-corrected chi connectivity index (χ2v) is 8.27. The van der Waals surface area contributed by atoms with Crippen LogP contribution in [0.25, 0.3) is 33.2 Å². The summed E-state index contributed by atoms with van der Waals surface area (Å²) in [5, 5.41) is 14.0. The molecule has 1 fully saturated rings. The molecule has 1 aliphatic rings. The van der Waals surface area contributed by atoms with Crippen molar-refractivity contribution in [3.63, 3.8) is 0 Å². The maximum atomic E-state index is 13.0. The number of aliphatic hydroxyl groups is 1. The highest BCUT2D eigenvalue weighted by atomic mass is 19.3. The number of benzene rings is 1. The molecule has 1 aromatic carbocycles. The fraction of sp³-hybridized carbons (Fsp3) is 0.381. The van der Waals surface area contributed by atoms with Crippen molar-refractivity contribution in [1.82, 2.24) is 24.5 Å². The fourth-order valence-corrected chi connectivity index (χ4v) is 4.28. The summed E-state index contributed by atoms with van der Waals surface area (Å²) in [6.45, 7) is 3.17. The monoisotopic (exact) mass is 412 g/mol. The van der Waals surface area contributed by atoms with Crippen molar-refractivity contribution in [2.45, 2.75) is 51.3 Å². The number of nitrogens with zero attached hydrogens (tertiary/aromatic N) is 4. The van der Waals surface area contributed by atoms with Crippen molar-refractivity contribution in [1.29, 1.82) is 0 Å². The summed E-state index contributed by atoms with van der Waals surface area (Å²) >= 11 is 0. The predicted octanol–water partition coefficient (Wildman–Crippen LogP) is 3.87. The largest absolute Gasteiger partial charge is 0.390 e. The maximum Gasteiger partial charge on any atom is 0.256 e. The van der Waals surface area contributed by atoms with Gasteiger partial charge in [-0.15, -0.1) is 0 Å². The highest BCUT2D eigenvalue weighted by Crippen LogP contribution is 2.34. The number of halogens is 2. The van der Waals surface area contributed by atoms with Gasteiger partial charge in [0.25, 0.3) is 6.43 Å². The number of rotatable bonds is 5. The van der Waals surface area contributed by atoms with Crippen LogP contribution in [-0.4, -0.2) is 47.7 Å². The van der Waals surface area contributed by atoms with E-state index in [4.69, 9.17) is 0 Å². The molecule has 0 saturated heterocycles. The van der Waals surface area contributed by atoms with Gasteiger partial charge in [0.05, 0.1) is 23.2 Å². The number of aromatic amines is 1. The number of hydrogen-bond donors (Lipinski definition) is 3. The molecule has 156 valence electrons. The van der Waals surface area contributed by atoms with Crippen molar-refractivity contribution in [2.24, 2.45) is 0 Å². The molecular formula is C21H22F2N6O. The van der Waals surface area contributed by atoms with E-state index in [1.165, 1.54) is 0 Å². The van der Waals surface area contributed by atoms with Gasteiger partial charge in [0.15, 0.2) is 0 Å². The number of H-pyrrole nitrogens is 1. The van der Waals surface area contributed by atoms with Crippen LogP contribution in [0.2, 0.25) is 0 Å². The van der Waals surface area contributed by atoms with Gasteiger partial charge in [-0.25, -0.2) is 18.7 Å². The number of imidazole rings is 1. The summed E-state index contributed by atoms with van der Waals surface area (Å²) < 4.78 is 27.5. The zero-order chi connectivity index (χ0) is 21.0. The Morgan fingerprint density at radius 2 is 2.13 bits per heavy atom. The minimum atomic E-state index is -2.45. The van der Waals surface area contributed by atoms with Crippen LogP contribution in [0.5, 0.6) is 0 Å². The average molecular weight is 412 g/mol. The van der Waals surface area contributed by atoms with Gasteiger partial charge in [-0.1, -0.05) is 6.07 Å². The van der Waals surface area contributed by atoms with Gasteiger partial charge in [0.1, 0.15) is 11.5 Å². The normalized spacial score (nSPS) is 21.5. The predicted molar refractivity (Wildman–Crippen MR) is 111 cm³/mol. The van der Waals surface area contributed by atoms with Gasteiger partial charge >= 0.3 is 0 Å². The molecule has 3 N–H and O–H groups in total. The molecule has 3 aromatic heterocycles. The Balaban J connectivity index is 1.48. The molecular weight excluding hydrogens is 390 g/mol. The number of alkyl halides is 2. The summed E-state index contributed by atoms with van der Waals surface area (Å²) in [6, 6.07) is 5.81. The van der Waals surface area contributed by atoms with Crippen LogP contribution in [0, 0.1) is 6.92 Å². The molecule has 0 bridgehead atoms. The molecule has 3 heterocycles. The van der Waals surface area contributed by atoms with E-state index in [1.807, 2.05) is 31.3 Å². The van der Waals surface area contributed by atoms with Gasteiger partial charge in [0.2, 0.25) is 5.95 Å². The maximum absolute atomic E-state index is 13.0. The van der Waals surface area contributed by atoms with Gasteiger partial charge in [-0.2, -0.15) is 4.98 Å². The third-order valence-electron chi connectivity index (χ3n) is 5.71. The number of aryl methyl sites for hydroxylation is 1. The van der Waals surface area contributed by atoms with Gasteiger partial charge in [0, 0.05) is 29.4 Å². The summed E-state index contributed by atoms with van der Waals surface area (Å²) in [5.74, 6) is 1.08. The first-order chi connectivity index (χ1) is 14.3. The van der Waals surface area contributed by atoms with Crippen molar-refractivity contribution in [3.8, 4) is 11.1 Å². The molecule has 0 spiro atoms. The van der Waals surface area contributed by atoms with Crippen LogP contribution in [0.4, 0.5) is 14.7 Å². The minimum Gasteiger partial charge on any atom is -0.390 e. The third kappa shape index (κ3) is 3.28. The van der Waals surface area contributed by atoms with Crippen LogP contribution < -0.4 is 5.32 Å². The standard InChI is InChI=1S/C21H22F2N6O/c1-11-26-16-4-3-12(5-17(16)29(11)10-18(22)23)14-8-24-19-15(14)9-25-20(28-19)27-13-6-21(2,30)7-13/h3-5,8-9,13,18,30H,6-7,10H2,1-2H3,(H2,24,25,27,28)/t13-,21-. The van der Waals surface area contributed by atoms with E-state index in [0.717, 1.165) is 16.5 Å². The molecule has 9 heteroatoms. The fourth-order valence-electron chi connectivity index (χ4n) is 4.28. The zero-order valence-electron chi connectivity index (χ0n) is 16.7. The second kappa shape index (κ2) is 6.73. The lowest BCUT2D eigenvalue weighted by Crippen LogP contribution is -2.48. The van der Waals surface area contributed by atoms with E-state index < -0.39 is 12.0 Å². The quantitative estimate of drug-likeness (QED) is 0.463. The Bertz CT molecular complexity index is 1240. The Kier molecular flexibility index (Phi) is 4.25. The molecule has 5 rings (SSSR count). The van der Waals surface area contributed by atoms with E-state index in [2.05, 4.69) is 25.3 Å². The summed E-state index contributed by atoms with van der Waals surface area (Å²) in [7, 11) is 0. The number of aromatic nitrogens is 5.